The fourth-order valence-corrected chi connectivity index (χ4v) is 3.19. The van der Waals surface area contributed by atoms with Crippen LogP contribution in [0.3, 0.4) is 0 Å². The second kappa shape index (κ2) is 8.05. The molecule has 7 nitrogen and oxygen atoms in total. The van der Waals surface area contributed by atoms with Crippen molar-refractivity contribution in [3.8, 4) is 0 Å². The lowest BCUT2D eigenvalue weighted by Gasteiger charge is -2.26. The summed E-state index contributed by atoms with van der Waals surface area (Å²) in [6.07, 6.45) is 5.28. The van der Waals surface area contributed by atoms with Crippen LogP contribution in [-0.4, -0.2) is 40.0 Å². The minimum atomic E-state index is -0.461. The molecule has 1 fully saturated rings. The first-order chi connectivity index (χ1) is 12.6. The molecule has 0 saturated carbocycles. The van der Waals surface area contributed by atoms with Gasteiger partial charge in [-0.2, -0.15) is 0 Å². The van der Waals surface area contributed by atoms with Gasteiger partial charge in [-0.1, -0.05) is 12.1 Å². The summed E-state index contributed by atoms with van der Waals surface area (Å²) in [4.78, 5) is 29.7. The number of benzene rings is 1. The van der Waals surface area contributed by atoms with Crippen molar-refractivity contribution in [1.29, 1.82) is 0 Å². The summed E-state index contributed by atoms with van der Waals surface area (Å²) < 4.78 is 5.68. The number of pyridine rings is 1. The third-order valence-corrected chi connectivity index (χ3v) is 4.56. The maximum Gasteiger partial charge on any atom is 0.273 e. The molecular formula is C19H21N3O4. The van der Waals surface area contributed by atoms with Gasteiger partial charge in [0.2, 0.25) is 0 Å². The molecule has 0 N–H and O–H groups in total. The smallest absolute Gasteiger partial charge is 0.273 e. The van der Waals surface area contributed by atoms with Gasteiger partial charge in [-0.15, -0.1) is 0 Å². The second-order valence-electron chi connectivity index (χ2n) is 6.39. The monoisotopic (exact) mass is 355 g/mol. The van der Waals surface area contributed by atoms with Crippen LogP contribution in [0.25, 0.3) is 0 Å². The zero-order valence-corrected chi connectivity index (χ0v) is 14.6. The quantitative estimate of drug-likeness (QED) is 0.587. The van der Waals surface area contributed by atoms with Gasteiger partial charge in [0.15, 0.2) is 0 Å². The highest BCUT2D eigenvalue weighted by atomic mass is 16.6. The number of hydrogen-bond acceptors (Lipinski definition) is 5. The van der Waals surface area contributed by atoms with E-state index in [0.717, 1.165) is 18.4 Å². The lowest BCUT2D eigenvalue weighted by molar-refractivity contribution is -0.385. The third kappa shape index (κ3) is 4.05. The molecule has 3 rings (SSSR count). The van der Waals surface area contributed by atoms with Gasteiger partial charge >= 0.3 is 0 Å². The maximum atomic E-state index is 13.2. The first-order valence-corrected chi connectivity index (χ1v) is 8.60. The molecule has 136 valence electrons. The molecule has 1 saturated heterocycles. The lowest BCUT2D eigenvalue weighted by atomic mass is 10.0. The van der Waals surface area contributed by atoms with Crippen molar-refractivity contribution < 1.29 is 14.5 Å². The number of carbonyl (C=O) groups is 1. The van der Waals surface area contributed by atoms with Crippen LogP contribution in [-0.2, 0) is 11.3 Å². The van der Waals surface area contributed by atoms with Crippen LogP contribution in [0.15, 0.2) is 42.7 Å². The van der Waals surface area contributed by atoms with Crippen molar-refractivity contribution in [1.82, 2.24) is 9.88 Å². The summed E-state index contributed by atoms with van der Waals surface area (Å²) in [7, 11) is 0. The first kappa shape index (κ1) is 18.0. The fourth-order valence-electron chi connectivity index (χ4n) is 3.19. The molecule has 1 aliphatic heterocycles. The molecule has 1 aromatic heterocycles. The van der Waals surface area contributed by atoms with E-state index in [-0.39, 0.29) is 17.7 Å². The van der Waals surface area contributed by atoms with Crippen molar-refractivity contribution in [2.45, 2.75) is 32.4 Å². The molecule has 2 heterocycles. The topological polar surface area (TPSA) is 85.6 Å². The number of nitrogens with zero attached hydrogens (tertiary/aromatic N) is 3. The molecule has 0 unspecified atom stereocenters. The average molecular weight is 355 g/mol. The van der Waals surface area contributed by atoms with E-state index in [0.29, 0.717) is 30.8 Å². The Hall–Kier alpha value is -2.80. The van der Waals surface area contributed by atoms with Crippen molar-refractivity contribution in [2.24, 2.45) is 0 Å². The molecule has 0 bridgehead atoms. The standard InChI is InChI=1S/C19H21N3O4/c1-14-17(7-2-8-18(14)22(24)25)19(23)21(13-16-6-4-10-26-16)12-15-5-3-9-20-11-15/h2-3,5,7-9,11,16H,4,6,10,12-13H2,1H3/t16-/m1/s1. The van der Waals surface area contributed by atoms with E-state index in [1.54, 1.807) is 36.4 Å². The van der Waals surface area contributed by atoms with Crippen LogP contribution in [0.5, 0.6) is 0 Å². The van der Waals surface area contributed by atoms with Crippen LogP contribution in [0, 0.1) is 17.0 Å². The molecule has 0 spiro atoms. The van der Waals surface area contributed by atoms with Crippen LogP contribution in [0.1, 0.15) is 34.3 Å². The average Bonchev–Trinajstić information content (AvgIpc) is 3.14. The predicted octanol–water partition coefficient (Wildman–Crippen LogP) is 3.12. The van der Waals surface area contributed by atoms with E-state index in [1.165, 1.54) is 6.07 Å². The van der Waals surface area contributed by atoms with E-state index in [9.17, 15) is 14.9 Å². The Kier molecular flexibility index (Phi) is 5.58. The molecule has 0 radical (unpaired) electrons. The van der Waals surface area contributed by atoms with Gasteiger partial charge in [0, 0.05) is 49.3 Å². The molecule has 1 atom stereocenters. The summed E-state index contributed by atoms with van der Waals surface area (Å²) in [6.45, 7) is 3.15. The predicted molar refractivity (Wildman–Crippen MR) is 95.8 cm³/mol. The van der Waals surface area contributed by atoms with Crippen molar-refractivity contribution in [3.05, 3.63) is 69.5 Å². The summed E-state index contributed by atoms with van der Waals surface area (Å²) in [5.74, 6) is -0.231. The van der Waals surface area contributed by atoms with Gasteiger partial charge in [-0.05, 0) is 37.5 Å². The van der Waals surface area contributed by atoms with E-state index in [4.69, 9.17) is 4.74 Å². The Morgan fingerprint density at radius 2 is 2.23 bits per heavy atom. The Morgan fingerprint density at radius 1 is 1.38 bits per heavy atom. The van der Waals surface area contributed by atoms with Crippen molar-refractivity contribution in [2.75, 3.05) is 13.2 Å². The molecular weight excluding hydrogens is 334 g/mol. The van der Waals surface area contributed by atoms with E-state index in [1.807, 2.05) is 12.1 Å². The number of rotatable bonds is 6. The Balaban J connectivity index is 1.88. The minimum absolute atomic E-state index is 0.00498. The largest absolute Gasteiger partial charge is 0.376 e. The second-order valence-corrected chi connectivity index (χ2v) is 6.39. The van der Waals surface area contributed by atoms with Gasteiger partial charge < -0.3 is 9.64 Å². The number of carbonyl (C=O) groups excluding carboxylic acids is 1. The Morgan fingerprint density at radius 3 is 2.88 bits per heavy atom. The molecule has 1 aliphatic rings. The Bertz CT molecular complexity index is 789. The number of amides is 1. The van der Waals surface area contributed by atoms with Crippen LogP contribution >= 0.6 is 0 Å². The van der Waals surface area contributed by atoms with Crippen LogP contribution in [0.4, 0.5) is 5.69 Å². The number of nitro groups is 1. The van der Waals surface area contributed by atoms with Gasteiger partial charge in [0.05, 0.1) is 11.0 Å². The zero-order valence-electron chi connectivity index (χ0n) is 14.6. The molecule has 7 heteroatoms. The van der Waals surface area contributed by atoms with Gasteiger partial charge in [0.25, 0.3) is 11.6 Å². The van der Waals surface area contributed by atoms with Crippen molar-refractivity contribution in [3.63, 3.8) is 0 Å². The zero-order chi connectivity index (χ0) is 18.5. The first-order valence-electron chi connectivity index (χ1n) is 8.60. The van der Waals surface area contributed by atoms with E-state index >= 15 is 0 Å². The highest BCUT2D eigenvalue weighted by molar-refractivity contribution is 5.96. The molecule has 26 heavy (non-hydrogen) atoms. The van der Waals surface area contributed by atoms with Gasteiger partial charge in [-0.3, -0.25) is 19.9 Å². The highest BCUT2D eigenvalue weighted by Crippen LogP contribution is 2.24. The number of hydrogen-bond donors (Lipinski definition) is 0. The summed E-state index contributed by atoms with van der Waals surface area (Å²) >= 11 is 0. The third-order valence-electron chi connectivity index (χ3n) is 4.56. The number of ether oxygens (including phenoxy) is 1. The highest BCUT2D eigenvalue weighted by Gasteiger charge is 2.26. The Labute approximate surface area is 151 Å². The summed E-state index contributed by atoms with van der Waals surface area (Å²) in [6, 6.07) is 8.33. The number of nitro benzene ring substituents is 1. The minimum Gasteiger partial charge on any atom is -0.376 e. The molecule has 1 amide bonds. The SMILES string of the molecule is Cc1c(C(=O)N(Cc2cccnc2)C[C@H]2CCCO2)cccc1[N+](=O)[O-]. The van der Waals surface area contributed by atoms with E-state index < -0.39 is 4.92 Å². The fraction of sp³-hybridized carbons (Fsp3) is 0.368. The van der Waals surface area contributed by atoms with Crippen molar-refractivity contribution >= 4 is 11.6 Å². The van der Waals surface area contributed by atoms with Crippen LogP contribution in [0.2, 0.25) is 0 Å². The molecule has 0 aliphatic carbocycles. The van der Waals surface area contributed by atoms with Gasteiger partial charge in [0.1, 0.15) is 0 Å². The lowest BCUT2D eigenvalue weighted by Crippen LogP contribution is -2.37. The van der Waals surface area contributed by atoms with E-state index in [2.05, 4.69) is 4.98 Å². The number of aromatic nitrogens is 1. The maximum absolute atomic E-state index is 13.2. The molecule has 1 aromatic carbocycles. The molecule has 2 aromatic rings. The van der Waals surface area contributed by atoms with Crippen LogP contribution < -0.4 is 0 Å². The summed E-state index contributed by atoms with van der Waals surface area (Å²) in [5, 5.41) is 11.2. The summed E-state index contributed by atoms with van der Waals surface area (Å²) in [5.41, 5.74) is 1.59. The normalized spacial score (nSPS) is 16.4. The van der Waals surface area contributed by atoms with Gasteiger partial charge in [-0.25, -0.2) is 0 Å².